The van der Waals surface area contributed by atoms with Gasteiger partial charge in [-0.3, -0.25) is 4.79 Å². The molecule has 0 aromatic heterocycles. The topological polar surface area (TPSA) is 55.8 Å². The van der Waals surface area contributed by atoms with Crippen LogP contribution in [-0.4, -0.2) is 25.3 Å². The summed E-state index contributed by atoms with van der Waals surface area (Å²) < 4.78 is 10.6. The lowest BCUT2D eigenvalue weighted by Gasteiger charge is -2.19. The number of ether oxygens (including phenoxy) is 2. The summed E-state index contributed by atoms with van der Waals surface area (Å²) in [6.07, 6.45) is -0.963. The van der Waals surface area contributed by atoms with Crippen molar-refractivity contribution in [2.45, 2.75) is 13.0 Å². The summed E-state index contributed by atoms with van der Waals surface area (Å²) in [5, 5.41) is 10.1. The van der Waals surface area contributed by atoms with Crippen molar-refractivity contribution in [3.63, 3.8) is 0 Å². The SMILES string of the molecule is COC(=O)C(C)C(O)c1cc(Br)ccc1OC. The summed E-state index contributed by atoms with van der Waals surface area (Å²) in [7, 11) is 2.81. The van der Waals surface area contributed by atoms with Gasteiger partial charge in [-0.15, -0.1) is 0 Å². The number of halogens is 1. The first-order chi connectivity index (χ1) is 8.01. The van der Waals surface area contributed by atoms with Gasteiger partial charge in [-0.1, -0.05) is 15.9 Å². The van der Waals surface area contributed by atoms with E-state index in [1.54, 1.807) is 25.1 Å². The molecule has 0 saturated heterocycles. The molecule has 0 heterocycles. The van der Waals surface area contributed by atoms with Gasteiger partial charge in [0.05, 0.1) is 26.2 Å². The Bertz CT molecular complexity index is 405. The van der Waals surface area contributed by atoms with Gasteiger partial charge in [-0.05, 0) is 25.1 Å². The number of carbonyl (C=O) groups excluding carboxylic acids is 1. The fourth-order valence-electron chi connectivity index (χ4n) is 1.52. The first-order valence-electron chi connectivity index (χ1n) is 5.10. The van der Waals surface area contributed by atoms with Gasteiger partial charge in [0, 0.05) is 10.0 Å². The van der Waals surface area contributed by atoms with Crippen LogP contribution in [0.1, 0.15) is 18.6 Å². The first-order valence-corrected chi connectivity index (χ1v) is 5.90. The minimum absolute atomic E-state index is 0.459. The van der Waals surface area contributed by atoms with Crippen LogP contribution in [0.25, 0.3) is 0 Å². The highest BCUT2D eigenvalue weighted by atomic mass is 79.9. The quantitative estimate of drug-likeness (QED) is 0.867. The molecule has 5 heteroatoms. The Kier molecular flexibility index (Phi) is 4.96. The second-order valence-electron chi connectivity index (χ2n) is 3.64. The number of methoxy groups -OCH3 is 2. The van der Waals surface area contributed by atoms with Gasteiger partial charge in [0.1, 0.15) is 5.75 Å². The smallest absolute Gasteiger partial charge is 0.311 e. The van der Waals surface area contributed by atoms with Crippen molar-refractivity contribution in [2.24, 2.45) is 5.92 Å². The molecule has 0 spiro atoms. The zero-order valence-corrected chi connectivity index (χ0v) is 11.5. The summed E-state index contributed by atoms with van der Waals surface area (Å²) in [4.78, 5) is 11.4. The number of hydrogen-bond acceptors (Lipinski definition) is 4. The van der Waals surface area contributed by atoms with E-state index in [9.17, 15) is 9.90 Å². The van der Waals surface area contributed by atoms with Gasteiger partial charge >= 0.3 is 5.97 Å². The fraction of sp³-hybridized carbons (Fsp3) is 0.417. The number of carbonyl (C=O) groups is 1. The van der Waals surface area contributed by atoms with Gasteiger partial charge in [0.2, 0.25) is 0 Å². The average Bonchev–Trinajstić information content (AvgIpc) is 2.35. The highest BCUT2D eigenvalue weighted by molar-refractivity contribution is 9.10. The summed E-state index contributed by atoms with van der Waals surface area (Å²) >= 11 is 3.31. The molecule has 0 radical (unpaired) electrons. The Balaban J connectivity index is 3.05. The molecular formula is C12H15BrO4. The van der Waals surface area contributed by atoms with E-state index in [0.717, 1.165) is 4.47 Å². The number of benzene rings is 1. The fourth-order valence-corrected chi connectivity index (χ4v) is 1.90. The Morgan fingerprint density at radius 2 is 2.06 bits per heavy atom. The number of rotatable bonds is 4. The van der Waals surface area contributed by atoms with E-state index >= 15 is 0 Å². The zero-order valence-electron chi connectivity index (χ0n) is 9.94. The maximum Gasteiger partial charge on any atom is 0.311 e. The second-order valence-corrected chi connectivity index (χ2v) is 4.56. The summed E-state index contributed by atoms with van der Waals surface area (Å²) in [6.45, 7) is 1.61. The molecule has 94 valence electrons. The van der Waals surface area contributed by atoms with E-state index in [1.807, 2.05) is 0 Å². The third-order valence-corrected chi connectivity index (χ3v) is 3.05. The molecule has 2 unspecified atom stereocenters. The number of aliphatic hydroxyl groups is 1. The molecule has 0 fully saturated rings. The Hall–Kier alpha value is -1.07. The van der Waals surface area contributed by atoms with Gasteiger partial charge < -0.3 is 14.6 Å². The van der Waals surface area contributed by atoms with E-state index in [4.69, 9.17) is 4.74 Å². The molecule has 2 atom stereocenters. The van der Waals surface area contributed by atoms with Crippen molar-refractivity contribution in [2.75, 3.05) is 14.2 Å². The molecule has 1 aromatic carbocycles. The molecule has 1 N–H and O–H groups in total. The number of hydrogen-bond donors (Lipinski definition) is 1. The largest absolute Gasteiger partial charge is 0.496 e. The average molecular weight is 303 g/mol. The van der Waals surface area contributed by atoms with Crippen molar-refractivity contribution in [1.29, 1.82) is 0 Å². The molecule has 0 aliphatic carbocycles. The van der Waals surface area contributed by atoms with E-state index in [0.29, 0.717) is 11.3 Å². The second kappa shape index (κ2) is 6.02. The van der Waals surface area contributed by atoms with Crippen LogP contribution in [0.3, 0.4) is 0 Å². The predicted octanol–water partition coefficient (Wildman–Crippen LogP) is 2.30. The maximum absolute atomic E-state index is 11.4. The van der Waals surface area contributed by atoms with Crippen molar-refractivity contribution < 1.29 is 19.4 Å². The van der Waals surface area contributed by atoms with Gasteiger partial charge in [0.25, 0.3) is 0 Å². The van der Waals surface area contributed by atoms with E-state index < -0.39 is 18.0 Å². The highest BCUT2D eigenvalue weighted by Gasteiger charge is 2.26. The normalized spacial score (nSPS) is 13.9. The summed E-state index contributed by atoms with van der Waals surface area (Å²) in [6, 6.07) is 5.26. The lowest BCUT2D eigenvalue weighted by molar-refractivity contribution is -0.148. The molecular weight excluding hydrogens is 288 g/mol. The standard InChI is InChI=1S/C12H15BrO4/c1-7(12(15)17-3)11(14)9-6-8(13)4-5-10(9)16-2/h4-7,11,14H,1-3H3. The van der Waals surface area contributed by atoms with Crippen molar-refractivity contribution in [3.8, 4) is 5.75 Å². The lowest BCUT2D eigenvalue weighted by atomic mass is 9.97. The molecule has 1 aromatic rings. The lowest BCUT2D eigenvalue weighted by Crippen LogP contribution is -2.21. The minimum atomic E-state index is -0.963. The summed E-state index contributed by atoms with van der Waals surface area (Å²) in [5.41, 5.74) is 0.555. The van der Waals surface area contributed by atoms with E-state index in [1.165, 1.54) is 14.2 Å². The molecule has 0 aliphatic rings. The highest BCUT2D eigenvalue weighted by Crippen LogP contribution is 2.32. The molecule has 1 rings (SSSR count). The van der Waals surface area contributed by atoms with Crippen LogP contribution in [0.2, 0.25) is 0 Å². The van der Waals surface area contributed by atoms with Crippen LogP contribution in [0.15, 0.2) is 22.7 Å². The Morgan fingerprint density at radius 1 is 1.41 bits per heavy atom. The number of esters is 1. The predicted molar refractivity (Wildman–Crippen MR) is 66.8 cm³/mol. The Morgan fingerprint density at radius 3 is 2.59 bits per heavy atom. The Labute approximate surface area is 109 Å². The van der Waals surface area contributed by atoms with Crippen LogP contribution in [0.5, 0.6) is 5.75 Å². The van der Waals surface area contributed by atoms with E-state index in [2.05, 4.69) is 20.7 Å². The van der Waals surface area contributed by atoms with Crippen molar-refractivity contribution in [1.82, 2.24) is 0 Å². The van der Waals surface area contributed by atoms with E-state index in [-0.39, 0.29) is 0 Å². The zero-order chi connectivity index (χ0) is 13.0. The first kappa shape index (κ1) is 14.0. The van der Waals surface area contributed by atoms with Crippen LogP contribution < -0.4 is 4.74 Å². The molecule has 0 amide bonds. The van der Waals surface area contributed by atoms with Crippen LogP contribution in [0, 0.1) is 5.92 Å². The third-order valence-electron chi connectivity index (χ3n) is 2.56. The van der Waals surface area contributed by atoms with Crippen LogP contribution in [0.4, 0.5) is 0 Å². The van der Waals surface area contributed by atoms with Crippen LogP contribution in [-0.2, 0) is 9.53 Å². The third kappa shape index (κ3) is 3.20. The van der Waals surface area contributed by atoms with Gasteiger partial charge in [0.15, 0.2) is 0 Å². The molecule has 0 saturated carbocycles. The maximum atomic E-state index is 11.4. The van der Waals surface area contributed by atoms with Crippen LogP contribution >= 0.6 is 15.9 Å². The van der Waals surface area contributed by atoms with Gasteiger partial charge in [-0.25, -0.2) is 0 Å². The molecule has 4 nitrogen and oxygen atoms in total. The van der Waals surface area contributed by atoms with Crippen molar-refractivity contribution in [3.05, 3.63) is 28.2 Å². The van der Waals surface area contributed by atoms with Gasteiger partial charge in [-0.2, -0.15) is 0 Å². The molecule has 0 bridgehead atoms. The monoisotopic (exact) mass is 302 g/mol. The minimum Gasteiger partial charge on any atom is -0.496 e. The summed E-state index contributed by atoms with van der Waals surface area (Å²) in [5.74, 6) is -0.570. The molecule has 17 heavy (non-hydrogen) atoms. The van der Waals surface area contributed by atoms with Crippen molar-refractivity contribution >= 4 is 21.9 Å². The molecule has 0 aliphatic heterocycles. The number of aliphatic hydroxyl groups excluding tert-OH is 1.